The van der Waals surface area contributed by atoms with Crippen LogP contribution in [0.4, 0.5) is 0 Å². The quantitative estimate of drug-likeness (QED) is 0.781. The molecular weight excluding hydrogens is 274 g/mol. The molecule has 0 aromatic carbocycles. The van der Waals surface area contributed by atoms with Crippen molar-refractivity contribution in [3.05, 3.63) is 24.2 Å². The minimum absolute atomic E-state index is 0.0632. The van der Waals surface area contributed by atoms with Gasteiger partial charge in [0, 0.05) is 11.9 Å². The lowest BCUT2D eigenvalue weighted by atomic mass is 10.2. The van der Waals surface area contributed by atoms with Crippen molar-refractivity contribution in [3.8, 4) is 0 Å². The topological polar surface area (TPSA) is 42.7 Å². The fourth-order valence-corrected chi connectivity index (χ4v) is 2.13. The number of nitrogens with zero attached hydrogens (tertiary/aromatic N) is 1. The number of carbonyl (C=O) groups is 1. The van der Waals surface area contributed by atoms with Crippen LogP contribution in [0.2, 0.25) is 0 Å². The molecule has 1 fully saturated rings. The molecule has 2 heterocycles. The monoisotopic (exact) mass is 287 g/mol. The van der Waals surface area contributed by atoms with Crippen LogP contribution in [0.15, 0.2) is 22.8 Å². The number of amides is 1. The lowest BCUT2D eigenvalue weighted by Gasteiger charge is -2.36. The van der Waals surface area contributed by atoms with Crippen LogP contribution in [-0.2, 0) is 4.74 Å². The van der Waals surface area contributed by atoms with Crippen LogP contribution in [0.3, 0.4) is 0 Å². The van der Waals surface area contributed by atoms with Gasteiger partial charge in [0.25, 0.3) is 5.91 Å². The number of hydrogen-bond acceptors (Lipinski definition) is 3. The Morgan fingerprint density at radius 2 is 2.50 bits per heavy atom. The number of ether oxygens (including phenoxy) is 1. The van der Waals surface area contributed by atoms with Crippen molar-refractivity contribution in [2.75, 3.05) is 18.5 Å². The molecule has 0 saturated carbocycles. The third-order valence-corrected chi connectivity index (χ3v) is 3.39. The lowest BCUT2D eigenvalue weighted by molar-refractivity contribution is -0.0371. The Hall–Kier alpha value is -0.810. The zero-order valence-electron chi connectivity index (χ0n) is 9.06. The van der Waals surface area contributed by atoms with E-state index >= 15 is 0 Å². The second kappa shape index (κ2) is 5.01. The molecule has 88 valence electrons. The van der Waals surface area contributed by atoms with Gasteiger partial charge in [-0.15, -0.1) is 0 Å². The summed E-state index contributed by atoms with van der Waals surface area (Å²) in [7, 11) is 0. The highest BCUT2D eigenvalue weighted by atomic mass is 79.9. The fraction of sp³-hybridized carbons (Fsp3) is 0.545. The molecule has 0 spiro atoms. The first-order valence-electron chi connectivity index (χ1n) is 5.24. The molecule has 1 aliphatic rings. The number of alkyl halides is 1. The zero-order valence-corrected chi connectivity index (χ0v) is 10.6. The van der Waals surface area contributed by atoms with Gasteiger partial charge < -0.3 is 14.1 Å². The summed E-state index contributed by atoms with van der Waals surface area (Å²) in [5.41, 5.74) is 0. The standard InChI is InChI=1S/C11H14BrNO3/c1-8-7-16-9(5-12)6-13(8)11(14)10-3-2-4-15-10/h2-4,8-9H,5-7H2,1H3. The summed E-state index contributed by atoms with van der Waals surface area (Å²) in [6.45, 7) is 3.15. The van der Waals surface area contributed by atoms with Crippen LogP contribution >= 0.6 is 15.9 Å². The van der Waals surface area contributed by atoms with Gasteiger partial charge in [-0.05, 0) is 19.1 Å². The van der Waals surface area contributed by atoms with E-state index in [4.69, 9.17) is 9.15 Å². The van der Waals surface area contributed by atoms with E-state index in [9.17, 15) is 4.79 Å². The molecule has 4 nitrogen and oxygen atoms in total. The summed E-state index contributed by atoms with van der Waals surface area (Å²) in [5, 5.41) is 0.738. The summed E-state index contributed by atoms with van der Waals surface area (Å²) < 4.78 is 10.7. The molecule has 2 unspecified atom stereocenters. The van der Waals surface area contributed by atoms with Crippen molar-refractivity contribution < 1.29 is 13.9 Å². The predicted octanol–water partition coefficient (Wildman–Crippen LogP) is 1.90. The molecule has 1 saturated heterocycles. The first-order chi connectivity index (χ1) is 7.72. The second-order valence-electron chi connectivity index (χ2n) is 3.89. The summed E-state index contributed by atoms with van der Waals surface area (Å²) >= 11 is 3.37. The minimum atomic E-state index is -0.0632. The maximum Gasteiger partial charge on any atom is 0.289 e. The highest BCUT2D eigenvalue weighted by molar-refractivity contribution is 9.09. The molecule has 5 heteroatoms. The zero-order chi connectivity index (χ0) is 11.5. The first kappa shape index (κ1) is 11.7. The van der Waals surface area contributed by atoms with Crippen molar-refractivity contribution in [1.29, 1.82) is 0 Å². The molecule has 0 radical (unpaired) electrons. The molecule has 1 aromatic rings. The molecule has 2 rings (SSSR count). The first-order valence-corrected chi connectivity index (χ1v) is 6.36. The van der Waals surface area contributed by atoms with Crippen LogP contribution in [0.25, 0.3) is 0 Å². The Kier molecular flexibility index (Phi) is 3.66. The SMILES string of the molecule is CC1COC(CBr)CN1C(=O)c1ccco1. The minimum Gasteiger partial charge on any atom is -0.459 e. The van der Waals surface area contributed by atoms with Gasteiger partial charge in [-0.1, -0.05) is 15.9 Å². The molecule has 0 bridgehead atoms. The van der Waals surface area contributed by atoms with E-state index in [1.807, 2.05) is 6.92 Å². The molecule has 0 N–H and O–H groups in total. The van der Waals surface area contributed by atoms with Crippen LogP contribution < -0.4 is 0 Å². The summed E-state index contributed by atoms with van der Waals surface area (Å²) in [6, 6.07) is 3.50. The van der Waals surface area contributed by atoms with E-state index in [2.05, 4.69) is 15.9 Å². The molecule has 1 aliphatic heterocycles. The molecule has 2 atom stereocenters. The van der Waals surface area contributed by atoms with Crippen LogP contribution in [-0.4, -0.2) is 41.4 Å². The maximum absolute atomic E-state index is 12.1. The van der Waals surface area contributed by atoms with Gasteiger partial charge in [0.15, 0.2) is 5.76 Å². The highest BCUT2D eigenvalue weighted by Gasteiger charge is 2.30. The van der Waals surface area contributed by atoms with Crippen LogP contribution in [0, 0.1) is 0 Å². The summed E-state index contributed by atoms with van der Waals surface area (Å²) in [5.74, 6) is 0.328. The smallest absolute Gasteiger partial charge is 0.289 e. The molecule has 1 aromatic heterocycles. The van der Waals surface area contributed by atoms with Gasteiger partial charge in [0.05, 0.1) is 25.0 Å². The number of halogens is 1. The van der Waals surface area contributed by atoms with Gasteiger partial charge in [-0.3, -0.25) is 4.79 Å². The van der Waals surface area contributed by atoms with Crippen molar-refractivity contribution in [3.63, 3.8) is 0 Å². The van der Waals surface area contributed by atoms with Gasteiger partial charge in [-0.2, -0.15) is 0 Å². The molecular formula is C11H14BrNO3. The van der Waals surface area contributed by atoms with E-state index in [0.717, 1.165) is 5.33 Å². The van der Waals surface area contributed by atoms with Crippen molar-refractivity contribution >= 4 is 21.8 Å². The fourth-order valence-electron chi connectivity index (χ4n) is 1.74. The van der Waals surface area contributed by atoms with E-state index in [1.54, 1.807) is 17.0 Å². The molecule has 0 aliphatic carbocycles. The van der Waals surface area contributed by atoms with Crippen molar-refractivity contribution in [1.82, 2.24) is 4.90 Å². The van der Waals surface area contributed by atoms with Gasteiger partial charge in [-0.25, -0.2) is 0 Å². The Morgan fingerprint density at radius 3 is 3.12 bits per heavy atom. The average molecular weight is 288 g/mol. The number of carbonyl (C=O) groups excluding carboxylic acids is 1. The van der Waals surface area contributed by atoms with E-state index in [-0.39, 0.29) is 18.1 Å². The highest BCUT2D eigenvalue weighted by Crippen LogP contribution is 2.16. The summed E-state index contributed by atoms with van der Waals surface area (Å²) in [6.07, 6.45) is 1.58. The normalized spacial score (nSPS) is 25.8. The van der Waals surface area contributed by atoms with Crippen molar-refractivity contribution in [2.24, 2.45) is 0 Å². The van der Waals surface area contributed by atoms with Crippen LogP contribution in [0.5, 0.6) is 0 Å². The Bertz CT molecular complexity index is 352. The number of furan rings is 1. The van der Waals surface area contributed by atoms with Gasteiger partial charge >= 0.3 is 0 Å². The average Bonchev–Trinajstić information content (AvgIpc) is 2.82. The Labute approximate surface area is 103 Å². The lowest BCUT2D eigenvalue weighted by Crippen LogP contribution is -2.51. The van der Waals surface area contributed by atoms with E-state index < -0.39 is 0 Å². The number of hydrogen-bond donors (Lipinski definition) is 0. The van der Waals surface area contributed by atoms with E-state index in [1.165, 1.54) is 6.26 Å². The van der Waals surface area contributed by atoms with Crippen LogP contribution in [0.1, 0.15) is 17.5 Å². The van der Waals surface area contributed by atoms with Gasteiger partial charge in [0.2, 0.25) is 0 Å². The van der Waals surface area contributed by atoms with Gasteiger partial charge in [0.1, 0.15) is 0 Å². The Morgan fingerprint density at radius 1 is 1.69 bits per heavy atom. The maximum atomic E-state index is 12.1. The largest absolute Gasteiger partial charge is 0.459 e. The number of rotatable bonds is 2. The predicted molar refractivity (Wildman–Crippen MR) is 62.7 cm³/mol. The summed E-state index contributed by atoms with van der Waals surface area (Å²) in [4.78, 5) is 13.9. The third kappa shape index (κ3) is 2.30. The molecule has 1 amide bonds. The number of morpholine rings is 1. The Balaban J connectivity index is 2.09. The third-order valence-electron chi connectivity index (χ3n) is 2.67. The molecule has 16 heavy (non-hydrogen) atoms. The van der Waals surface area contributed by atoms with Crippen molar-refractivity contribution in [2.45, 2.75) is 19.1 Å². The second-order valence-corrected chi connectivity index (χ2v) is 4.54. The van der Waals surface area contributed by atoms with E-state index in [0.29, 0.717) is 18.9 Å².